The highest BCUT2D eigenvalue weighted by molar-refractivity contribution is 5.47. The van der Waals surface area contributed by atoms with Crippen molar-refractivity contribution in [3.05, 3.63) is 46.1 Å². The van der Waals surface area contributed by atoms with Crippen molar-refractivity contribution in [1.82, 2.24) is 19.4 Å². The molecule has 0 unspecified atom stereocenters. The van der Waals surface area contributed by atoms with Gasteiger partial charge in [0.05, 0.1) is 6.54 Å². The van der Waals surface area contributed by atoms with Crippen LogP contribution in [0.2, 0.25) is 0 Å². The molecule has 2 saturated heterocycles. The highest BCUT2D eigenvalue weighted by Crippen LogP contribution is 2.37. The van der Waals surface area contributed by atoms with Crippen molar-refractivity contribution in [2.45, 2.75) is 44.2 Å². The number of hydrogen-bond donors (Lipinski definition) is 1. The van der Waals surface area contributed by atoms with Crippen LogP contribution in [0, 0.1) is 5.92 Å². The molecule has 0 saturated carbocycles. The standard InChI is InChI=1S/C21H26F2N6O/c22-21(23)4-1-5-27(12-21)10-15-2-3-17-16-6-14(9-29(17)20(15)30)8-28(11-16)19-7-18(24)25-13-26-19/h2-3,7,13-14,16H,1,4-6,8-12H2,(H2,24,25,26)/t14-,16+/m0/s1. The average molecular weight is 416 g/mol. The first-order valence-electron chi connectivity index (χ1n) is 10.5. The van der Waals surface area contributed by atoms with Crippen LogP contribution in [0.4, 0.5) is 20.4 Å². The smallest absolute Gasteiger partial charge is 0.260 e. The Morgan fingerprint density at radius 1 is 1.20 bits per heavy atom. The first kappa shape index (κ1) is 19.4. The molecule has 5 heterocycles. The lowest BCUT2D eigenvalue weighted by Crippen LogP contribution is -2.48. The van der Waals surface area contributed by atoms with E-state index in [0.29, 0.717) is 36.8 Å². The molecule has 2 N–H and O–H groups in total. The van der Waals surface area contributed by atoms with Crippen molar-refractivity contribution in [3.63, 3.8) is 0 Å². The monoisotopic (exact) mass is 416 g/mol. The Hall–Kier alpha value is -2.55. The number of alkyl halides is 2. The Morgan fingerprint density at radius 3 is 2.87 bits per heavy atom. The highest BCUT2D eigenvalue weighted by atomic mass is 19.3. The van der Waals surface area contributed by atoms with Crippen molar-refractivity contribution in [3.8, 4) is 0 Å². The number of anilines is 2. The largest absolute Gasteiger partial charge is 0.384 e. The van der Waals surface area contributed by atoms with Crippen LogP contribution in [-0.4, -0.2) is 51.5 Å². The van der Waals surface area contributed by atoms with Crippen molar-refractivity contribution < 1.29 is 8.78 Å². The molecular formula is C21H26F2N6O. The number of halogens is 2. The van der Waals surface area contributed by atoms with Crippen LogP contribution < -0.4 is 16.2 Å². The van der Waals surface area contributed by atoms with Gasteiger partial charge in [-0.1, -0.05) is 6.07 Å². The summed E-state index contributed by atoms with van der Waals surface area (Å²) in [5.41, 5.74) is 7.41. The van der Waals surface area contributed by atoms with Crippen molar-refractivity contribution in [2.75, 3.05) is 36.8 Å². The molecule has 30 heavy (non-hydrogen) atoms. The molecule has 2 aromatic rings. The summed E-state index contributed by atoms with van der Waals surface area (Å²) in [6.45, 7) is 2.85. The fourth-order valence-corrected chi connectivity index (χ4v) is 5.26. The average Bonchev–Trinajstić information content (AvgIpc) is 2.70. The maximum absolute atomic E-state index is 13.7. The second kappa shape index (κ2) is 7.30. The van der Waals surface area contributed by atoms with Crippen LogP contribution in [0.5, 0.6) is 0 Å². The number of fused-ring (bicyclic) bond motifs is 4. The molecule has 5 rings (SSSR count). The zero-order valence-electron chi connectivity index (χ0n) is 16.8. The van der Waals surface area contributed by atoms with Gasteiger partial charge < -0.3 is 15.2 Å². The summed E-state index contributed by atoms with van der Waals surface area (Å²) in [5.74, 6) is -0.835. The lowest BCUT2D eigenvalue weighted by molar-refractivity contribution is -0.0662. The van der Waals surface area contributed by atoms with Gasteiger partial charge in [-0.05, 0) is 31.4 Å². The number of likely N-dealkylation sites (tertiary alicyclic amines) is 1. The summed E-state index contributed by atoms with van der Waals surface area (Å²) in [4.78, 5) is 25.4. The topological polar surface area (TPSA) is 80.3 Å². The summed E-state index contributed by atoms with van der Waals surface area (Å²) in [7, 11) is 0. The maximum Gasteiger partial charge on any atom is 0.260 e. The number of nitrogen functional groups attached to an aromatic ring is 1. The van der Waals surface area contributed by atoms with Gasteiger partial charge in [0.2, 0.25) is 0 Å². The summed E-state index contributed by atoms with van der Waals surface area (Å²) in [6.07, 6.45) is 2.91. The number of pyridine rings is 1. The zero-order valence-corrected chi connectivity index (χ0v) is 16.8. The molecule has 0 radical (unpaired) electrons. The van der Waals surface area contributed by atoms with Gasteiger partial charge in [0, 0.05) is 55.8 Å². The Bertz CT molecular complexity index is 1010. The molecule has 9 heteroatoms. The van der Waals surface area contributed by atoms with Crippen molar-refractivity contribution >= 4 is 11.6 Å². The van der Waals surface area contributed by atoms with E-state index in [9.17, 15) is 13.6 Å². The van der Waals surface area contributed by atoms with Gasteiger partial charge in [0.25, 0.3) is 11.5 Å². The minimum Gasteiger partial charge on any atom is -0.384 e. The van der Waals surface area contributed by atoms with Gasteiger partial charge in [-0.25, -0.2) is 18.7 Å². The minimum atomic E-state index is -2.66. The Kier molecular flexibility index (Phi) is 4.72. The van der Waals surface area contributed by atoms with Crippen molar-refractivity contribution in [2.24, 2.45) is 5.92 Å². The van der Waals surface area contributed by atoms with Crippen LogP contribution in [0.3, 0.4) is 0 Å². The Labute approximate surface area is 173 Å². The molecule has 3 aliphatic heterocycles. The van der Waals surface area contributed by atoms with Gasteiger partial charge in [0.1, 0.15) is 18.0 Å². The number of nitrogens with two attached hydrogens (primary N) is 1. The van der Waals surface area contributed by atoms with E-state index < -0.39 is 5.92 Å². The third kappa shape index (κ3) is 3.66. The number of rotatable bonds is 3. The number of nitrogens with zero attached hydrogens (tertiary/aromatic N) is 5. The van der Waals surface area contributed by atoms with Crippen LogP contribution in [0.25, 0.3) is 0 Å². The summed E-state index contributed by atoms with van der Waals surface area (Å²) in [5, 5.41) is 0. The van der Waals surface area contributed by atoms with Gasteiger partial charge in [-0.15, -0.1) is 0 Å². The molecule has 2 aromatic heterocycles. The van der Waals surface area contributed by atoms with E-state index in [4.69, 9.17) is 5.73 Å². The van der Waals surface area contributed by atoms with E-state index in [1.54, 1.807) is 11.0 Å². The van der Waals surface area contributed by atoms with E-state index >= 15 is 0 Å². The molecule has 2 fully saturated rings. The molecule has 3 aliphatic rings. The minimum absolute atomic E-state index is 0.0316. The zero-order chi connectivity index (χ0) is 20.9. The normalized spacial score (nSPS) is 25.7. The molecule has 160 valence electrons. The molecule has 0 aliphatic carbocycles. The van der Waals surface area contributed by atoms with E-state index in [2.05, 4.69) is 14.9 Å². The fourth-order valence-electron chi connectivity index (χ4n) is 5.26. The van der Waals surface area contributed by atoms with E-state index in [1.165, 1.54) is 6.33 Å². The fraction of sp³-hybridized carbons (Fsp3) is 0.571. The highest BCUT2D eigenvalue weighted by Gasteiger charge is 2.37. The van der Waals surface area contributed by atoms with Crippen molar-refractivity contribution in [1.29, 1.82) is 0 Å². The van der Waals surface area contributed by atoms with Crippen LogP contribution >= 0.6 is 0 Å². The number of piperidine rings is 2. The summed E-state index contributed by atoms with van der Waals surface area (Å²) >= 11 is 0. The first-order valence-corrected chi connectivity index (χ1v) is 10.5. The lowest BCUT2D eigenvalue weighted by atomic mass is 9.83. The number of hydrogen-bond acceptors (Lipinski definition) is 6. The van der Waals surface area contributed by atoms with E-state index in [0.717, 1.165) is 31.0 Å². The third-order valence-corrected chi connectivity index (χ3v) is 6.55. The van der Waals surface area contributed by atoms with Crippen LogP contribution in [-0.2, 0) is 13.1 Å². The van der Waals surface area contributed by atoms with Gasteiger partial charge in [-0.3, -0.25) is 9.69 Å². The molecule has 2 atom stereocenters. The van der Waals surface area contributed by atoms with Gasteiger partial charge >= 0.3 is 0 Å². The predicted octanol–water partition coefficient (Wildman–Crippen LogP) is 2.08. The third-order valence-electron chi connectivity index (χ3n) is 6.55. The molecule has 0 amide bonds. The predicted molar refractivity (Wildman–Crippen MR) is 110 cm³/mol. The molecule has 0 spiro atoms. The summed E-state index contributed by atoms with van der Waals surface area (Å²) in [6, 6.07) is 5.63. The molecule has 0 aromatic carbocycles. The molecule has 7 nitrogen and oxygen atoms in total. The van der Waals surface area contributed by atoms with Crippen LogP contribution in [0.15, 0.2) is 29.3 Å². The molecule has 2 bridgehead atoms. The SMILES string of the molecule is Nc1cc(N2C[C@@H]3C[C@H](C2)c2ccc(CN4CCCC(F)(F)C4)c(=O)n2C3)ncn1. The quantitative estimate of drug-likeness (QED) is 0.825. The van der Waals surface area contributed by atoms with Crippen LogP contribution in [0.1, 0.15) is 36.4 Å². The number of aromatic nitrogens is 3. The summed E-state index contributed by atoms with van der Waals surface area (Å²) < 4.78 is 29.4. The lowest BCUT2D eigenvalue weighted by Gasteiger charge is -2.43. The Morgan fingerprint density at radius 2 is 2.07 bits per heavy atom. The second-order valence-corrected chi connectivity index (χ2v) is 8.87. The second-order valence-electron chi connectivity index (χ2n) is 8.87. The van der Waals surface area contributed by atoms with Gasteiger partial charge in [0.15, 0.2) is 0 Å². The maximum atomic E-state index is 13.7. The van der Waals surface area contributed by atoms with Gasteiger partial charge in [-0.2, -0.15) is 0 Å². The van der Waals surface area contributed by atoms with E-state index in [1.807, 2.05) is 16.7 Å². The first-order chi connectivity index (χ1) is 14.4. The molecular weight excluding hydrogens is 390 g/mol. The van der Waals surface area contributed by atoms with E-state index in [-0.39, 0.29) is 31.0 Å². The Balaban J connectivity index is 1.38.